The zero-order valence-corrected chi connectivity index (χ0v) is 18.1. The van der Waals surface area contributed by atoms with Gasteiger partial charge in [-0.3, -0.25) is 15.0 Å². The van der Waals surface area contributed by atoms with Gasteiger partial charge in [-0.2, -0.15) is 0 Å². The summed E-state index contributed by atoms with van der Waals surface area (Å²) in [6.45, 7) is 4.05. The van der Waals surface area contributed by atoms with Gasteiger partial charge in [-0.15, -0.1) is 0 Å². The first kappa shape index (κ1) is 20.5. The molecule has 2 aromatic rings. The van der Waals surface area contributed by atoms with Crippen molar-refractivity contribution in [2.45, 2.75) is 57.8 Å². The minimum atomic E-state index is -0.429. The monoisotopic (exact) mass is 424 g/mol. The molecule has 1 aliphatic carbocycles. The summed E-state index contributed by atoms with van der Waals surface area (Å²) in [6, 6.07) is 5.75. The Kier molecular flexibility index (Phi) is 5.94. The maximum absolute atomic E-state index is 12.2. The highest BCUT2D eigenvalue weighted by atomic mass is 16.5. The zero-order chi connectivity index (χ0) is 21.2. The lowest BCUT2D eigenvalue weighted by Gasteiger charge is -2.35. The first-order valence-electron chi connectivity index (χ1n) is 11.9. The van der Waals surface area contributed by atoms with E-state index in [0.29, 0.717) is 23.9 Å². The van der Waals surface area contributed by atoms with Crippen molar-refractivity contribution in [3.63, 3.8) is 0 Å². The minimum Gasteiger partial charge on any atom is -0.354 e. The smallest absolute Gasteiger partial charge is 0.329 e. The van der Waals surface area contributed by atoms with Crippen molar-refractivity contribution >= 4 is 28.7 Å². The molecule has 1 aromatic carbocycles. The van der Waals surface area contributed by atoms with Crippen LogP contribution in [0, 0.1) is 11.8 Å². The minimum absolute atomic E-state index is 0.246. The molecule has 3 heterocycles. The van der Waals surface area contributed by atoms with E-state index in [0.717, 1.165) is 17.7 Å². The molecule has 7 heteroatoms. The number of fused-ring (bicyclic) bond motifs is 1. The lowest BCUT2D eigenvalue weighted by Crippen LogP contribution is -2.49. The Hall–Kier alpha value is -2.41. The van der Waals surface area contributed by atoms with E-state index in [-0.39, 0.29) is 12.3 Å². The Bertz CT molecular complexity index is 941. The quantitative estimate of drug-likeness (QED) is 0.781. The molecule has 0 unspecified atom stereocenters. The van der Waals surface area contributed by atoms with Crippen LogP contribution in [0.1, 0.15) is 56.9 Å². The number of nitrogens with one attached hydrogen (secondary N) is 1. The number of aromatic nitrogens is 1. The van der Waals surface area contributed by atoms with E-state index in [4.69, 9.17) is 4.52 Å². The number of hydrogen-bond acceptors (Lipinski definition) is 5. The van der Waals surface area contributed by atoms with E-state index in [1.165, 1.54) is 75.0 Å². The van der Waals surface area contributed by atoms with Crippen LogP contribution >= 0.6 is 0 Å². The van der Waals surface area contributed by atoms with Gasteiger partial charge < -0.3 is 9.42 Å². The molecule has 3 aliphatic rings. The summed E-state index contributed by atoms with van der Waals surface area (Å²) >= 11 is 0. The molecule has 5 rings (SSSR count). The average Bonchev–Trinajstić information content (AvgIpc) is 3.19. The van der Waals surface area contributed by atoms with Crippen molar-refractivity contribution in [2.75, 3.05) is 31.1 Å². The number of amides is 3. The van der Waals surface area contributed by atoms with Crippen LogP contribution in [-0.4, -0.2) is 48.2 Å². The molecule has 1 N–H and O–H groups in total. The molecule has 2 saturated heterocycles. The maximum Gasteiger partial charge on any atom is 0.329 e. The van der Waals surface area contributed by atoms with Gasteiger partial charge in [0.15, 0.2) is 11.4 Å². The summed E-state index contributed by atoms with van der Waals surface area (Å²) in [5.74, 6) is 1.87. The molecular weight excluding hydrogens is 392 g/mol. The topological polar surface area (TPSA) is 78.7 Å². The molecule has 0 radical (unpaired) electrons. The molecule has 1 saturated carbocycles. The molecule has 0 bridgehead atoms. The fourth-order valence-corrected chi connectivity index (χ4v) is 5.50. The number of hydrogen-bond donors (Lipinski definition) is 1. The van der Waals surface area contributed by atoms with Crippen molar-refractivity contribution in [1.29, 1.82) is 0 Å². The second kappa shape index (κ2) is 8.99. The molecule has 166 valence electrons. The van der Waals surface area contributed by atoms with Gasteiger partial charge in [0.05, 0.1) is 5.39 Å². The number of rotatable bonds is 5. The molecule has 31 heavy (non-hydrogen) atoms. The van der Waals surface area contributed by atoms with Gasteiger partial charge in [-0.1, -0.05) is 30.5 Å². The van der Waals surface area contributed by atoms with Crippen LogP contribution in [0.3, 0.4) is 0 Å². The fourth-order valence-electron chi connectivity index (χ4n) is 5.50. The van der Waals surface area contributed by atoms with Gasteiger partial charge >= 0.3 is 6.03 Å². The fraction of sp³-hybridized carbons (Fsp3) is 0.625. The highest BCUT2D eigenvalue weighted by Gasteiger charge is 2.28. The Morgan fingerprint density at radius 3 is 2.58 bits per heavy atom. The van der Waals surface area contributed by atoms with Gasteiger partial charge in [0.25, 0.3) is 0 Å². The summed E-state index contributed by atoms with van der Waals surface area (Å²) in [7, 11) is 0. The summed E-state index contributed by atoms with van der Waals surface area (Å²) in [4.78, 5) is 27.9. The van der Waals surface area contributed by atoms with E-state index >= 15 is 0 Å². The second-order valence-electron chi connectivity index (χ2n) is 9.54. The second-order valence-corrected chi connectivity index (χ2v) is 9.54. The molecular formula is C24H32N4O3. The molecule has 3 amide bonds. The first-order valence-corrected chi connectivity index (χ1v) is 11.9. The number of nitrogens with zero attached hydrogens (tertiary/aromatic N) is 3. The first-order chi connectivity index (χ1) is 15.2. The number of carbonyl (C=O) groups excluding carboxylic acids is 2. The van der Waals surface area contributed by atoms with Gasteiger partial charge in [0.2, 0.25) is 5.91 Å². The number of carbonyl (C=O) groups is 2. The summed E-state index contributed by atoms with van der Waals surface area (Å²) in [5, 5.41) is 7.32. The largest absolute Gasteiger partial charge is 0.354 e. The number of likely N-dealkylation sites (tertiary alicyclic amines) is 1. The highest BCUT2D eigenvalue weighted by molar-refractivity contribution is 6.08. The highest BCUT2D eigenvalue weighted by Crippen LogP contribution is 2.31. The van der Waals surface area contributed by atoms with Crippen molar-refractivity contribution in [2.24, 2.45) is 11.8 Å². The van der Waals surface area contributed by atoms with Crippen LogP contribution in [0.15, 0.2) is 22.7 Å². The number of anilines is 1. The van der Waals surface area contributed by atoms with Crippen LogP contribution in [0.5, 0.6) is 0 Å². The number of imide groups is 1. The van der Waals surface area contributed by atoms with Crippen molar-refractivity contribution in [1.82, 2.24) is 15.4 Å². The molecule has 2 aliphatic heterocycles. The van der Waals surface area contributed by atoms with Crippen LogP contribution in [0.4, 0.5) is 10.6 Å². The Balaban J connectivity index is 1.21. The lowest BCUT2D eigenvalue weighted by atomic mass is 9.86. The number of urea groups is 1. The predicted octanol–water partition coefficient (Wildman–Crippen LogP) is 4.11. The third kappa shape index (κ3) is 4.61. The lowest BCUT2D eigenvalue weighted by molar-refractivity contribution is -0.120. The van der Waals surface area contributed by atoms with Crippen LogP contribution in [0.2, 0.25) is 0 Å². The van der Waals surface area contributed by atoms with Crippen molar-refractivity contribution in [3.8, 4) is 0 Å². The third-order valence-electron chi connectivity index (χ3n) is 7.30. The van der Waals surface area contributed by atoms with E-state index in [9.17, 15) is 9.59 Å². The Morgan fingerprint density at radius 2 is 1.81 bits per heavy atom. The van der Waals surface area contributed by atoms with Gasteiger partial charge in [-0.25, -0.2) is 4.79 Å². The number of benzene rings is 1. The Labute approximate surface area is 183 Å². The summed E-state index contributed by atoms with van der Waals surface area (Å²) in [5.41, 5.74) is 1.93. The maximum atomic E-state index is 12.2. The van der Waals surface area contributed by atoms with Crippen LogP contribution in [0.25, 0.3) is 11.0 Å². The van der Waals surface area contributed by atoms with Crippen LogP contribution in [-0.2, 0) is 11.2 Å². The standard InChI is InChI=1S/C24H32N4O3/c29-22-10-13-28(24(30)25-22)23-20-15-19(6-7-21(20)31-26-23)14-17-8-11-27(12-9-17)16-18-4-2-1-3-5-18/h6-7,15,17-18H,1-5,8-14,16H2,(H,25,29,30). The van der Waals surface area contributed by atoms with Gasteiger partial charge in [0.1, 0.15) is 0 Å². The summed E-state index contributed by atoms with van der Waals surface area (Å²) < 4.78 is 5.45. The van der Waals surface area contributed by atoms with Gasteiger partial charge in [0, 0.05) is 19.5 Å². The third-order valence-corrected chi connectivity index (χ3v) is 7.30. The zero-order valence-electron chi connectivity index (χ0n) is 18.1. The average molecular weight is 425 g/mol. The molecule has 3 fully saturated rings. The van der Waals surface area contributed by atoms with E-state index in [1.807, 2.05) is 6.07 Å². The molecule has 7 nitrogen and oxygen atoms in total. The van der Waals surface area contributed by atoms with Crippen molar-refractivity contribution < 1.29 is 14.1 Å². The molecule has 1 aromatic heterocycles. The van der Waals surface area contributed by atoms with E-state index in [1.54, 1.807) is 0 Å². The van der Waals surface area contributed by atoms with Crippen molar-refractivity contribution in [3.05, 3.63) is 23.8 Å². The molecule has 0 spiro atoms. The normalized spacial score (nSPS) is 22.3. The van der Waals surface area contributed by atoms with Gasteiger partial charge in [-0.05, 0) is 74.7 Å². The van der Waals surface area contributed by atoms with E-state index < -0.39 is 6.03 Å². The number of piperidine rings is 1. The SMILES string of the molecule is O=C1CCN(c2noc3ccc(CC4CCN(CC5CCCCC5)CC4)cc23)C(=O)N1. The Morgan fingerprint density at radius 1 is 1.00 bits per heavy atom. The summed E-state index contributed by atoms with van der Waals surface area (Å²) in [6.07, 6.45) is 10.9. The van der Waals surface area contributed by atoms with E-state index in [2.05, 4.69) is 27.5 Å². The predicted molar refractivity (Wildman–Crippen MR) is 119 cm³/mol. The van der Waals surface area contributed by atoms with Crippen LogP contribution < -0.4 is 10.2 Å². The molecule has 0 atom stereocenters.